The highest BCUT2D eigenvalue weighted by atomic mass is 16.1. The van der Waals surface area contributed by atoms with E-state index in [9.17, 15) is 4.79 Å². The van der Waals surface area contributed by atoms with Crippen molar-refractivity contribution in [1.82, 2.24) is 10.6 Å². The van der Waals surface area contributed by atoms with Gasteiger partial charge in [0.15, 0.2) is 0 Å². The molecule has 0 aliphatic rings. The number of rotatable bonds is 25. The molecule has 0 aliphatic carbocycles. The Morgan fingerprint density at radius 3 is 1.48 bits per heavy atom. The first kappa shape index (κ1) is 30.2. The highest BCUT2D eigenvalue weighted by Gasteiger charge is 1.99. The molecule has 0 saturated heterocycles. The topological polar surface area (TPSA) is 41.1 Å². The van der Waals surface area contributed by atoms with E-state index in [4.69, 9.17) is 0 Å². The van der Waals surface area contributed by atoms with E-state index >= 15 is 0 Å². The first-order valence-electron chi connectivity index (χ1n) is 13.9. The van der Waals surface area contributed by atoms with E-state index < -0.39 is 0 Å². The molecule has 0 fully saturated rings. The van der Waals surface area contributed by atoms with E-state index in [2.05, 4.69) is 36.6 Å². The van der Waals surface area contributed by atoms with Crippen LogP contribution in [0.1, 0.15) is 142 Å². The highest BCUT2D eigenvalue weighted by Crippen LogP contribution is 2.09. The lowest BCUT2D eigenvalue weighted by atomic mass is 10.1. The minimum absolute atomic E-state index is 0.151. The van der Waals surface area contributed by atoms with Gasteiger partial charge in [-0.25, -0.2) is 0 Å². The lowest BCUT2D eigenvalue weighted by Crippen LogP contribution is -2.34. The fourth-order valence-electron chi connectivity index (χ4n) is 3.90. The van der Waals surface area contributed by atoms with Crippen molar-refractivity contribution < 1.29 is 4.79 Å². The summed E-state index contributed by atoms with van der Waals surface area (Å²) in [4.78, 5) is 11.8. The molecule has 1 amide bonds. The maximum absolute atomic E-state index is 11.8. The Balaban J connectivity index is 3.17. The predicted octanol–water partition coefficient (Wildman–Crippen LogP) is 8.09. The van der Waals surface area contributed by atoms with Crippen LogP contribution < -0.4 is 10.6 Å². The van der Waals surface area contributed by atoms with Crippen LogP contribution in [0.2, 0.25) is 0 Å². The molecule has 3 nitrogen and oxygen atoms in total. The SMILES string of the molecule is CCCCCCCCC=CCCCCCCCCNCC(=O)NCCCCCCCC. The second kappa shape index (κ2) is 27.2. The van der Waals surface area contributed by atoms with Gasteiger partial charge in [0.2, 0.25) is 5.91 Å². The highest BCUT2D eigenvalue weighted by molar-refractivity contribution is 5.77. The monoisotopic (exact) mass is 436 g/mol. The fraction of sp³-hybridized carbons (Fsp3) is 0.893. The number of amides is 1. The van der Waals surface area contributed by atoms with Gasteiger partial charge in [-0.15, -0.1) is 0 Å². The van der Waals surface area contributed by atoms with Gasteiger partial charge in [0.25, 0.3) is 0 Å². The van der Waals surface area contributed by atoms with Crippen molar-refractivity contribution in [3.05, 3.63) is 12.2 Å². The lowest BCUT2D eigenvalue weighted by Gasteiger charge is -2.07. The summed E-state index contributed by atoms with van der Waals surface area (Å²) in [5.41, 5.74) is 0. The minimum Gasteiger partial charge on any atom is -0.355 e. The van der Waals surface area contributed by atoms with Gasteiger partial charge < -0.3 is 10.6 Å². The van der Waals surface area contributed by atoms with Gasteiger partial charge in [-0.1, -0.05) is 116 Å². The maximum atomic E-state index is 11.8. The van der Waals surface area contributed by atoms with Gasteiger partial charge in [0.05, 0.1) is 6.54 Å². The van der Waals surface area contributed by atoms with E-state index in [0.29, 0.717) is 6.54 Å². The molecule has 0 aromatic heterocycles. The number of carbonyl (C=O) groups excluding carboxylic acids is 1. The molecule has 3 heteroatoms. The number of carbonyl (C=O) groups is 1. The smallest absolute Gasteiger partial charge is 0.233 e. The van der Waals surface area contributed by atoms with E-state index in [1.807, 2.05) is 0 Å². The molecule has 0 radical (unpaired) electrons. The molecule has 2 N–H and O–H groups in total. The Bertz CT molecular complexity index is 381. The van der Waals surface area contributed by atoms with Crippen LogP contribution in [0.15, 0.2) is 12.2 Å². The van der Waals surface area contributed by atoms with Crippen LogP contribution in [-0.2, 0) is 4.79 Å². The van der Waals surface area contributed by atoms with Gasteiger partial charge in [-0.2, -0.15) is 0 Å². The van der Waals surface area contributed by atoms with Crippen molar-refractivity contribution in [3.63, 3.8) is 0 Å². The van der Waals surface area contributed by atoms with Gasteiger partial charge in [-0.05, 0) is 45.1 Å². The third kappa shape index (κ3) is 27.1. The van der Waals surface area contributed by atoms with Crippen LogP contribution in [0.5, 0.6) is 0 Å². The Kier molecular flexibility index (Phi) is 26.5. The van der Waals surface area contributed by atoms with Crippen LogP contribution in [-0.4, -0.2) is 25.5 Å². The molecule has 0 atom stereocenters. The molecule has 0 aromatic rings. The fourth-order valence-corrected chi connectivity index (χ4v) is 3.90. The Hall–Kier alpha value is -0.830. The molecular weight excluding hydrogens is 380 g/mol. The second-order valence-electron chi connectivity index (χ2n) is 9.23. The van der Waals surface area contributed by atoms with Crippen LogP contribution in [0.3, 0.4) is 0 Å². The molecule has 0 rings (SSSR count). The summed E-state index contributed by atoms with van der Waals surface area (Å²) < 4.78 is 0. The molecule has 0 aromatic carbocycles. The summed E-state index contributed by atoms with van der Waals surface area (Å²) in [7, 11) is 0. The van der Waals surface area contributed by atoms with Gasteiger partial charge >= 0.3 is 0 Å². The van der Waals surface area contributed by atoms with Gasteiger partial charge in [0.1, 0.15) is 0 Å². The molecule has 0 saturated carbocycles. The van der Waals surface area contributed by atoms with E-state index in [0.717, 1.165) is 19.5 Å². The average Bonchev–Trinajstić information content (AvgIpc) is 2.77. The summed E-state index contributed by atoms with van der Waals surface area (Å²) in [6.45, 7) is 6.79. The Labute approximate surface area is 195 Å². The van der Waals surface area contributed by atoms with Crippen molar-refractivity contribution in [2.24, 2.45) is 0 Å². The molecule has 0 heterocycles. The van der Waals surface area contributed by atoms with Crippen molar-refractivity contribution in [2.45, 2.75) is 142 Å². The summed E-state index contributed by atoms with van der Waals surface area (Å²) in [6, 6.07) is 0. The molecule has 184 valence electrons. The summed E-state index contributed by atoms with van der Waals surface area (Å²) in [5, 5.41) is 6.31. The zero-order chi connectivity index (χ0) is 22.7. The molecule has 0 bridgehead atoms. The molecular formula is C28H56N2O. The standard InChI is InChI=1S/C28H56N2O/c1-3-5-7-9-11-12-13-14-15-16-17-18-19-20-21-23-25-29-27-28(31)30-26-24-22-10-8-6-4-2/h14-15,29H,3-13,16-27H2,1-2H3,(H,30,31). The third-order valence-electron chi connectivity index (χ3n) is 6.00. The number of hydrogen-bond acceptors (Lipinski definition) is 2. The molecule has 0 unspecified atom stereocenters. The largest absolute Gasteiger partial charge is 0.355 e. The van der Waals surface area contributed by atoms with Gasteiger partial charge in [0, 0.05) is 6.54 Å². The normalized spacial score (nSPS) is 11.4. The van der Waals surface area contributed by atoms with Crippen LogP contribution >= 0.6 is 0 Å². The summed E-state index contributed by atoms with van der Waals surface area (Å²) >= 11 is 0. The zero-order valence-corrected chi connectivity index (χ0v) is 21.3. The van der Waals surface area contributed by atoms with E-state index in [-0.39, 0.29) is 5.91 Å². The molecule has 0 spiro atoms. The summed E-state index contributed by atoms with van der Waals surface area (Å²) in [5.74, 6) is 0.151. The van der Waals surface area contributed by atoms with Crippen molar-refractivity contribution in [2.75, 3.05) is 19.6 Å². The summed E-state index contributed by atoms with van der Waals surface area (Å²) in [6.07, 6.45) is 31.1. The van der Waals surface area contributed by atoms with Gasteiger partial charge in [-0.3, -0.25) is 4.79 Å². The van der Waals surface area contributed by atoms with E-state index in [1.54, 1.807) is 0 Å². The minimum atomic E-state index is 0.151. The quantitative estimate of drug-likeness (QED) is 0.112. The average molecular weight is 437 g/mol. The maximum Gasteiger partial charge on any atom is 0.233 e. The number of unbranched alkanes of at least 4 members (excludes halogenated alkanes) is 17. The van der Waals surface area contributed by atoms with Crippen molar-refractivity contribution >= 4 is 5.91 Å². The first-order chi connectivity index (χ1) is 15.3. The number of hydrogen-bond donors (Lipinski definition) is 2. The Morgan fingerprint density at radius 2 is 0.968 bits per heavy atom. The van der Waals surface area contributed by atoms with Crippen molar-refractivity contribution in [1.29, 1.82) is 0 Å². The van der Waals surface area contributed by atoms with Crippen LogP contribution in [0.25, 0.3) is 0 Å². The lowest BCUT2D eigenvalue weighted by molar-refractivity contribution is -0.120. The van der Waals surface area contributed by atoms with Crippen molar-refractivity contribution in [3.8, 4) is 0 Å². The number of nitrogens with one attached hydrogen (secondary N) is 2. The molecule has 31 heavy (non-hydrogen) atoms. The first-order valence-corrected chi connectivity index (χ1v) is 13.9. The predicted molar refractivity (Wildman–Crippen MR) is 139 cm³/mol. The zero-order valence-electron chi connectivity index (χ0n) is 21.3. The van der Waals surface area contributed by atoms with E-state index in [1.165, 1.54) is 122 Å². The Morgan fingerprint density at radius 1 is 0.548 bits per heavy atom. The second-order valence-corrected chi connectivity index (χ2v) is 9.23. The molecule has 0 aliphatic heterocycles. The third-order valence-corrected chi connectivity index (χ3v) is 6.00. The van der Waals surface area contributed by atoms with Crippen LogP contribution in [0, 0.1) is 0 Å². The van der Waals surface area contributed by atoms with Crippen LogP contribution in [0.4, 0.5) is 0 Å². The number of allylic oxidation sites excluding steroid dienone is 2.